The standard InChI is InChI=1S/C15H21BrN2O3/c1-14(2)9-17(10-15(3,4)21-14)8-11-5-6-12(16)13(7-11)18(19)20/h5-7H,8-10H2,1-4H3. The maximum Gasteiger partial charge on any atom is 0.283 e. The van der Waals surface area contributed by atoms with E-state index in [9.17, 15) is 10.1 Å². The zero-order valence-corrected chi connectivity index (χ0v) is 14.4. The van der Waals surface area contributed by atoms with Gasteiger partial charge in [0.1, 0.15) is 0 Å². The topological polar surface area (TPSA) is 55.6 Å². The van der Waals surface area contributed by atoms with Crippen LogP contribution in [0.1, 0.15) is 33.3 Å². The number of benzene rings is 1. The van der Waals surface area contributed by atoms with Crippen LogP contribution in [0.2, 0.25) is 0 Å². The van der Waals surface area contributed by atoms with Crippen LogP contribution >= 0.6 is 15.9 Å². The second-order valence-corrected chi connectivity index (χ2v) is 7.66. The summed E-state index contributed by atoms with van der Waals surface area (Å²) in [5.74, 6) is 0. The van der Waals surface area contributed by atoms with Gasteiger partial charge in [-0.1, -0.05) is 6.07 Å². The molecule has 6 heteroatoms. The van der Waals surface area contributed by atoms with Gasteiger partial charge >= 0.3 is 0 Å². The maximum absolute atomic E-state index is 11.0. The van der Waals surface area contributed by atoms with Crippen LogP contribution in [-0.2, 0) is 11.3 Å². The number of ether oxygens (including phenoxy) is 1. The number of hydrogen-bond acceptors (Lipinski definition) is 4. The summed E-state index contributed by atoms with van der Waals surface area (Å²) in [6.07, 6.45) is 0. The van der Waals surface area contributed by atoms with Crippen molar-refractivity contribution in [2.45, 2.75) is 45.4 Å². The summed E-state index contributed by atoms with van der Waals surface area (Å²) < 4.78 is 6.57. The van der Waals surface area contributed by atoms with Crippen LogP contribution < -0.4 is 0 Å². The summed E-state index contributed by atoms with van der Waals surface area (Å²) in [6.45, 7) is 10.6. The van der Waals surface area contributed by atoms with Gasteiger partial charge in [0.25, 0.3) is 5.69 Å². The molecule has 0 atom stereocenters. The van der Waals surface area contributed by atoms with Crippen LogP contribution in [0.3, 0.4) is 0 Å². The van der Waals surface area contributed by atoms with Crippen LogP contribution in [-0.4, -0.2) is 34.1 Å². The van der Waals surface area contributed by atoms with E-state index in [1.54, 1.807) is 12.1 Å². The summed E-state index contributed by atoms with van der Waals surface area (Å²) in [6, 6.07) is 5.30. The Kier molecular flexibility index (Phi) is 4.42. The molecule has 0 saturated carbocycles. The molecule has 21 heavy (non-hydrogen) atoms. The highest BCUT2D eigenvalue weighted by molar-refractivity contribution is 9.10. The molecule has 0 N–H and O–H groups in total. The van der Waals surface area contributed by atoms with Gasteiger partial charge in [0.05, 0.1) is 20.6 Å². The first-order valence-electron chi connectivity index (χ1n) is 6.93. The Labute approximate surface area is 133 Å². The van der Waals surface area contributed by atoms with Crippen molar-refractivity contribution in [3.8, 4) is 0 Å². The molecule has 1 aromatic carbocycles. The fourth-order valence-electron chi connectivity index (χ4n) is 3.11. The Balaban J connectivity index is 2.18. The third-order valence-electron chi connectivity index (χ3n) is 3.37. The van der Waals surface area contributed by atoms with Crippen molar-refractivity contribution in [1.29, 1.82) is 0 Å². The van der Waals surface area contributed by atoms with Crippen molar-refractivity contribution in [3.05, 3.63) is 38.3 Å². The molecule has 1 aliphatic heterocycles. The van der Waals surface area contributed by atoms with Gasteiger partial charge in [-0.3, -0.25) is 15.0 Å². The van der Waals surface area contributed by atoms with E-state index in [2.05, 4.69) is 48.5 Å². The monoisotopic (exact) mass is 356 g/mol. The molecule has 1 fully saturated rings. The van der Waals surface area contributed by atoms with E-state index < -0.39 is 0 Å². The first kappa shape index (κ1) is 16.4. The summed E-state index contributed by atoms with van der Waals surface area (Å²) in [5, 5.41) is 11.0. The zero-order valence-electron chi connectivity index (χ0n) is 12.9. The number of halogens is 1. The molecule has 5 nitrogen and oxygen atoms in total. The summed E-state index contributed by atoms with van der Waals surface area (Å²) in [5.41, 5.74) is 0.615. The van der Waals surface area contributed by atoms with Gasteiger partial charge in [0, 0.05) is 25.7 Å². The second kappa shape index (κ2) is 5.66. The van der Waals surface area contributed by atoms with Gasteiger partial charge in [-0.25, -0.2) is 0 Å². The summed E-state index contributed by atoms with van der Waals surface area (Å²) in [4.78, 5) is 12.9. The van der Waals surface area contributed by atoms with Crippen molar-refractivity contribution >= 4 is 21.6 Å². The molecule has 0 radical (unpaired) electrons. The van der Waals surface area contributed by atoms with Crippen molar-refractivity contribution in [2.75, 3.05) is 13.1 Å². The predicted octanol–water partition coefficient (Wildman–Crippen LogP) is 3.75. The summed E-state index contributed by atoms with van der Waals surface area (Å²) >= 11 is 3.22. The molecule has 1 heterocycles. The molecule has 0 aromatic heterocycles. The maximum atomic E-state index is 11.0. The van der Waals surface area contributed by atoms with Gasteiger partial charge in [0.2, 0.25) is 0 Å². The van der Waals surface area contributed by atoms with E-state index in [1.807, 2.05) is 6.07 Å². The van der Waals surface area contributed by atoms with Crippen molar-refractivity contribution in [1.82, 2.24) is 4.90 Å². The van der Waals surface area contributed by atoms with Crippen LogP contribution in [0, 0.1) is 10.1 Å². The van der Waals surface area contributed by atoms with E-state index in [0.29, 0.717) is 11.0 Å². The average Bonchev–Trinajstić information content (AvgIpc) is 2.27. The third-order valence-corrected chi connectivity index (χ3v) is 4.05. The lowest BCUT2D eigenvalue weighted by Crippen LogP contribution is -2.56. The largest absolute Gasteiger partial charge is 0.367 e. The van der Waals surface area contributed by atoms with Gasteiger partial charge < -0.3 is 4.74 Å². The first-order chi connectivity index (χ1) is 9.58. The zero-order chi connectivity index (χ0) is 15.8. The molecule has 0 amide bonds. The molecule has 0 bridgehead atoms. The van der Waals surface area contributed by atoms with Crippen molar-refractivity contribution < 1.29 is 9.66 Å². The van der Waals surface area contributed by atoms with Crippen LogP contribution in [0.15, 0.2) is 22.7 Å². The highest BCUT2D eigenvalue weighted by Gasteiger charge is 2.38. The van der Waals surface area contributed by atoms with E-state index in [0.717, 1.165) is 18.7 Å². The van der Waals surface area contributed by atoms with E-state index >= 15 is 0 Å². The van der Waals surface area contributed by atoms with Crippen LogP contribution in [0.5, 0.6) is 0 Å². The smallest absolute Gasteiger partial charge is 0.283 e. The number of hydrogen-bond donors (Lipinski definition) is 0. The number of morpholine rings is 1. The molecule has 1 aliphatic rings. The third kappa shape index (κ3) is 4.25. The number of nitrogens with zero attached hydrogens (tertiary/aromatic N) is 2. The van der Waals surface area contributed by atoms with Gasteiger partial charge in [-0.05, 0) is 55.3 Å². The Hall–Kier alpha value is -0.980. The highest BCUT2D eigenvalue weighted by atomic mass is 79.9. The summed E-state index contributed by atoms with van der Waals surface area (Å²) in [7, 11) is 0. The van der Waals surface area contributed by atoms with E-state index in [-0.39, 0.29) is 21.8 Å². The number of nitro groups is 1. The molecule has 1 saturated heterocycles. The first-order valence-corrected chi connectivity index (χ1v) is 7.73. The predicted molar refractivity (Wildman–Crippen MR) is 85.3 cm³/mol. The van der Waals surface area contributed by atoms with E-state index in [1.165, 1.54) is 0 Å². The second-order valence-electron chi connectivity index (χ2n) is 6.81. The number of nitro benzene ring substituents is 1. The van der Waals surface area contributed by atoms with Gasteiger partial charge in [0.15, 0.2) is 0 Å². The quantitative estimate of drug-likeness (QED) is 0.611. The normalized spacial score (nSPS) is 21.2. The minimum absolute atomic E-state index is 0.110. The van der Waals surface area contributed by atoms with Gasteiger partial charge in [-0.2, -0.15) is 0 Å². The fraction of sp³-hybridized carbons (Fsp3) is 0.600. The number of rotatable bonds is 3. The molecule has 0 spiro atoms. The molecular formula is C15H21BrN2O3. The lowest BCUT2D eigenvalue weighted by Gasteiger charge is -2.47. The minimum atomic E-state index is -0.360. The molecule has 2 rings (SSSR count). The van der Waals surface area contributed by atoms with E-state index in [4.69, 9.17) is 4.74 Å². The Morgan fingerprint density at radius 1 is 1.29 bits per heavy atom. The fourth-order valence-corrected chi connectivity index (χ4v) is 3.50. The van der Waals surface area contributed by atoms with Crippen LogP contribution in [0.25, 0.3) is 0 Å². The Morgan fingerprint density at radius 2 is 1.86 bits per heavy atom. The van der Waals surface area contributed by atoms with Crippen molar-refractivity contribution in [2.24, 2.45) is 0 Å². The Morgan fingerprint density at radius 3 is 2.38 bits per heavy atom. The SMILES string of the molecule is CC1(C)CN(Cc2ccc(Br)c([N+](=O)[O-])c2)CC(C)(C)O1. The Bertz CT molecular complexity index is 542. The molecule has 0 unspecified atom stereocenters. The average molecular weight is 357 g/mol. The molecule has 0 aliphatic carbocycles. The lowest BCUT2D eigenvalue weighted by molar-refractivity contribution is -0.385. The van der Waals surface area contributed by atoms with Crippen molar-refractivity contribution in [3.63, 3.8) is 0 Å². The van der Waals surface area contributed by atoms with Crippen LogP contribution in [0.4, 0.5) is 5.69 Å². The highest BCUT2D eigenvalue weighted by Crippen LogP contribution is 2.30. The lowest BCUT2D eigenvalue weighted by atomic mass is 9.98. The molecule has 116 valence electrons. The van der Waals surface area contributed by atoms with Gasteiger partial charge in [-0.15, -0.1) is 0 Å². The molecule has 1 aromatic rings. The minimum Gasteiger partial charge on any atom is -0.367 e. The molecular weight excluding hydrogens is 336 g/mol.